The van der Waals surface area contributed by atoms with E-state index in [-0.39, 0.29) is 34.6 Å². The van der Waals surface area contributed by atoms with Crippen LogP contribution in [0.15, 0.2) is 41.0 Å². The standard InChI is InChI=1S/C22H20Cl2N4O6S2/c23-13-6-11(8-25-17(29)4-3-12-2-1-5-34-12)7-14(24)18(13)20(31)27-15(21(32)33)9-26-19(30)16-10-36-22(35)28-16/h1-7,15-16H,8-10H2,(H,25,29)(H,26,30)(H,27,31)(H,28,35)(H,32,33)/b4-3+/t15-,16-/m0/s1. The molecule has 3 rings (SSSR count). The fourth-order valence-electron chi connectivity index (χ4n) is 3.02. The van der Waals surface area contributed by atoms with Crippen molar-refractivity contribution in [1.29, 1.82) is 0 Å². The first-order valence-electron chi connectivity index (χ1n) is 10.4. The molecule has 1 aromatic heterocycles. The minimum Gasteiger partial charge on any atom is -0.480 e. The molecule has 5 N–H and O–H groups in total. The lowest BCUT2D eigenvalue weighted by atomic mass is 10.1. The number of rotatable bonds is 10. The first-order chi connectivity index (χ1) is 17.1. The number of carbonyl (C=O) groups excluding carboxylic acids is 3. The van der Waals surface area contributed by atoms with Gasteiger partial charge in [-0.05, 0) is 35.9 Å². The summed E-state index contributed by atoms with van der Waals surface area (Å²) in [6.45, 7) is -0.288. The quantitative estimate of drug-likeness (QED) is 0.214. The number of furan rings is 1. The van der Waals surface area contributed by atoms with Crippen LogP contribution < -0.4 is 21.3 Å². The summed E-state index contributed by atoms with van der Waals surface area (Å²) in [4.78, 5) is 48.6. The van der Waals surface area contributed by atoms with E-state index < -0.39 is 29.9 Å². The summed E-state index contributed by atoms with van der Waals surface area (Å²) in [6.07, 6.45) is 4.28. The topological polar surface area (TPSA) is 150 Å². The monoisotopic (exact) mass is 570 g/mol. The van der Waals surface area contributed by atoms with Crippen LogP contribution in [0.2, 0.25) is 10.0 Å². The number of carbonyl (C=O) groups is 4. The Bertz CT molecular complexity index is 1180. The van der Waals surface area contributed by atoms with E-state index in [9.17, 15) is 24.3 Å². The fourth-order valence-corrected chi connectivity index (χ4v) is 4.85. The zero-order valence-electron chi connectivity index (χ0n) is 18.4. The molecule has 2 aromatic rings. The zero-order chi connectivity index (χ0) is 26.2. The van der Waals surface area contributed by atoms with Gasteiger partial charge in [-0.3, -0.25) is 14.4 Å². The van der Waals surface area contributed by atoms with E-state index in [1.54, 1.807) is 12.1 Å². The summed E-state index contributed by atoms with van der Waals surface area (Å²) in [7, 11) is 0. The van der Waals surface area contributed by atoms with Crippen molar-refractivity contribution in [3.63, 3.8) is 0 Å². The van der Waals surface area contributed by atoms with Gasteiger partial charge in [0.15, 0.2) is 0 Å². The summed E-state index contributed by atoms with van der Waals surface area (Å²) in [5, 5.41) is 19.6. The Morgan fingerprint density at radius 2 is 1.97 bits per heavy atom. The molecule has 0 bridgehead atoms. The molecule has 1 fully saturated rings. The Labute approximate surface area is 225 Å². The molecule has 3 amide bonds. The van der Waals surface area contributed by atoms with Crippen LogP contribution >= 0.6 is 47.2 Å². The van der Waals surface area contributed by atoms with Gasteiger partial charge in [0.25, 0.3) is 5.91 Å². The van der Waals surface area contributed by atoms with Crippen molar-refractivity contribution >= 4 is 81.3 Å². The second kappa shape index (κ2) is 12.8. The highest BCUT2D eigenvalue weighted by Gasteiger charge is 2.28. The fraction of sp³-hybridized carbons (Fsp3) is 0.227. The SMILES string of the molecule is O=C(/C=C/c1ccco1)NCc1cc(Cl)c(C(=O)N[C@@H](CNC(=O)[C@@H]2CSC(=S)N2)C(=O)O)c(Cl)c1. The van der Waals surface area contributed by atoms with Gasteiger partial charge in [0.1, 0.15) is 22.2 Å². The average molecular weight is 571 g/mol. The Morgan fingerprint density at radius 1 is 1.25 bits per heavy atom. The van der Waals surface area contributed by atoms with E-state index in [0.29, 0.717) is 21.4 Å². The number of benzene rings is 1. The van der Waals surface area contributed by atoms with Crippen LogP contribution in [-0.4, -0.2) is 57.5 Å². The Balaban J connectivity index is 1.58. The first kappa shape index (κ1) is 27.5. The van der Waals surface area contributed by atoms with E-state index in [2.05, 4.69) is 21.3 Å². The van der Waals surface area contributed by atoms with Gasteiger partial charge in [-0.25, -0.2) is 4.79 Å². The third-order valence-electron chi connectivity index (χ3n) is 4.81. The molecular weight excluding hydrogens is 551 g/mol. The molecule has 2 atom stereocenters. The normalized spacial score (nSPS) is 15.8. The predicted molar refractivity (Wildman–Crippen MR) is 140 cm³/mol. The Kier molecular flexibility index (Phi) is 9.76. The largest absolute Gasteiger partial charge is 0.480 e. The zero-order valence-corrected chi connectivity index (χ0v) is 21.5. The minimum atomic E-state index is -1.44. The van der Waals surface area contributed by atoms with Gasteiger partial charge in [0.2, 0.25) is 11.8 Å². The molecule has 0 radical (unpaired) electrons. The molecule has 10 nitrogen and oxygen atoms in total. The van der Waals surface area contributed by atoms with Gasteiger partial charge in [-0.2, -0.15) is 0 Å². The van der Waals surface area contributed by atoms with Crippen LogP contribution in [0.1, 0.15) is 21.7 Å². The number of carboxylic acid groups (broad SMARTS) is 1. The maximum absolute atomic E-state index is 12.7. The lowest BCUT2D eigenvalue weighted by Crippen LogP contribution is -2.51. The van der Waals surface area contributed by atoms with Crippen molar-refractivity contribution in [1.82, 2.24) is 21.3 Å². The third-order valence-corrected chi connectivity index (χ3v) is 6.76. The van der Waals surface area contributed by atoms with E-state index in [1.807, 2.05) is 0 Å². The molecule has 190 valence electrons. The van der Waals surface area contributed by atoms with Crippen molar-refractivity contribution < 1.29 is 28.7 Å². The smallest absolute Gasteiger partial charge is 0.328 e. The highest BCUT2D eigenvalue weighted by molar-refractivity contribution is 8.23. The molecule has 1 aliphatic rings. The molecule has 0 aliphatic carbocycles. The van der Waals surface area contributed by atoms with Crippen molar-refractivity contribution in [2.45, 2.75) is 18.6 Å². The molecular formula is C22H20Cl2N4O6S2. The van der Waals surface area contributed by atoms with Crippen molar-refractivity contribution in [2.24, 2.45) is 0 Å². The number of carboxylic acids is 1. The van der Waals surface area contributed by atoms with Crippen LogP contribution in [-0.2, 0) is 20.9 Å². The summed E-state index contributed by atoms with van der Waals surface area (Å²) >= 11 is 18.7. The van der Waals surface area contributed by atoms with Gasteiger partial charge in [-0.15, -0.1) is 0 Å². The lowest BCUT2D eigenvalue weighted by Gasteiger charge is -2.18. The summed E-state index contributed by atoms with van der Waals surface area (Å²) in [5.41, 5.74) is 0.381. The van der Waals surface area contributed by atoms with E-state index >= 15 is 0 Å². The number of thiocarbonyl (C=S) groups is 1. The van der Waals surface area contributed by atoms with Gasteiger partial charge < -0.3 is 30.8 Å². The highest BCUT2D eigenvalue weighted by Crippen LogP contribution is 2.27. The summed E-state index contributed by atoms with van der Waals surface area (Å²) in [5.74, 6) is -2.08. The first-order valence-corrected chi connectivity index (χ1v) is 12.5. The molecule has 0 spiro atoms. The van der Waals surface area contributed by atoms with Crippen LogP contribution in [0.3, 0.4) is 0 Å². The van der Waals surface area contributed by atoms with E-state index in [1.165, 1.54) is 42.3 Å². The number of hydrogen-bond donors (Lipinski definition) is 5. The second-order valence-electron chi connectivity index (χ2n) is 7.41. The molecule has 0 unspecified atom stereocenters. The highest BCUT2D eigenvalue weighted by atomic mass is 35.5. The van der Waals surface area contributed by atoms with Crippen molar-refractivity contribution in [2.75, 3.05) is 12.3 Å². The van der Waals surface area contributed by atoms with E-state index in [0.717, 1.165) is 0 Å². The Hall–Kier alpha value is -3.06. The van der Waals surface area contributed by atoms with Crippen LogP contribution in [0.4, 0.5) is 0 Å². The van der Waals surface area contributed by atoms with Crippen molar-refractivity contribution in [3.8, 4) is 0 Å². The Morgan fingerprint density at radius 3 is 2.56 bits per heavy atom. The average Bonchev–Trinajstić information content (AvgIpc) is 3.50. The molecule has 0 saturated carbocycles. The molecule has 1 saturated heterocycles. The van der Waals surface area contributed by atoms with Gasteiger partial charge in [0, 0.05) is 24.9 Å². The maximum atomic E-state index is 12.7. The molecule has 1 aliphatic heterocycles. The van der Waals surface area contributed by atoms with Crippen LogP contribution in [0.5, 0.6) is 0 Å². The molecule has 14 heteroatoms. The van der Waals surface area contributed by atoms with Gasteiger partial charge in [0.05, 0.1) is 21.9 Å². The van der Waals surface area contributed by atoms with Gasteiger partial charge in [-0.1, -0.05) is 47.2 Å². The molecule has 36 heavy (non-hydrogen) atoms. The number of hydrogen-bond acceptors (Lipinski definition) is 7. The van der Waals surface area contributed by atoms with Crippen molar-refractivity contribution in [3.05, 3.63) is 63.5 Å². The molecule has 1 aromatic carbocycles. The lowest BCUT2D eigenvalue weighted by molar-refractivity contribution is -0.139. The number of nitrogens with one attached hydrogen (secondary N) is 4. The summed E-state index contributed by atoms with van der Waals surface area (Å²) < 4.78 is 5.59. The number of amides is 3. The second-order valence-corrected chi connectivity index (χ2v) is 9.92. The molecule has 2 heterocycles. The number of halogens is 2. The maximum Gasteiger partial charge on any atom is 0.328 e. The van der Waals surface area contributed by atoms with Crippen LogP contribution in [0, 0.1) is 0 Å². The van der Waals surface area contributed by atoms with Gasteiger partial charge >= 0.3 is 5.97 Å². The minimum absolute atomic E-state index is 0.0377. The van der Waals surface area contributed by atoms with E-state index in [4.69, 9.17) is 39.8 Å². The number of aliphatic carboxylic acids is 1. The number of thioether (sulfide) groups is 1. The summed E-state index contributed by atoms with van der Waals surface area (Å²) in [6, 6.07) is 4.24. The van der Waals surface area contributed by atoms with Crippen LogP contribution in [0.25, 0.3) is 6.08 Å². The predicted octanol–water partition coefficient (Wildman–Crippen LogP) is 2.21. The third kappa shape index (κ3) is 7.72.